The number of carbonyl (C=O) groups is 2. The smallest absolute Gasteiger partial charge is 0.250 e. The van der Waals surface area contributed by atoms with Crippen LogP contribution < -0.4 is 11.1 Å². The fraction of sp³-hybridized carbons (Fsp3) is 0.333. The van der Waals surface area contributed by atoms with Gasteiger partial charge >= 0.3 is 0 Å². The SMILES string of the molecule is NC(=O)c1ccc(NC(=O)CCCCBr)cc1Cl. The number of primary amides is 1. The summed E-state index contributed by atoms with van der Waals surface area (Å²) in [6.07, 6.45) is 2.24. The first kappa shape index (κ1) is 15.0. The van der Waals surface area contributed by atoms with Crippen LogP contribution in [0.15, 0.2) is 18.2 Å². The van der Waals surface area contributed by atoms with Gasteiger partial charge < -0.3 is 11.1 Å². The van der Waals surface area contributed by atoms with E-state index in [-0.39, 0.29) is 16.5 Å². The summed E-state index contributed by atoms with van der Waals surface area (Å²) in [5.74, 6) is -0.658. The Hall–Kier alpha value is -1.07. The van der Waals surface area contributed by atoms with E-state index in [2.05, 4.69) is 21.2 Å². The molecule has 0 radical (unpaired) electrons. The van der Waals surface area contributed by atoms with Gasteiger partial charge in [-0.05, 0) is 31.0 Å². The molecule has 0 unspecified atom stereocenters. The fourth-order valence-electron chi connectivity index (χ4n) is 1.40. The maximum absolute atomic E-state index is 11.6. The van der Waals surface area contributed by atoms with Gasteiger partial charge in [-0.15, -0.1) is 0 Å². The van der Waals surface area contributed by atoms with Gasteiger partial charge in [-0.1, -0.05) is 27.5 Å². The van der Waals surface area contributed by atoms with Crippen LogP contribution in [0.25, 0.3) is 0 Å². The maximum atomic E-state index is 11.6. The van der Waals surface area contributed by atoms with E-state index in [1.807, 2.05) is 0 Å². The van der Waals surface area contributed by atoms with E-state index in [0.717, 1.165) is 18.2 Å². The average Bonchev–Trinajstić information content (AvgIpc) is 2.28. The first-order chi connectivity index (χ1) is 8.54. The molecule has 1 rings (SSSR count). The van der Waals surface area contributed by atoms with Crippen LogP contribution in [0.3, 0.4) is 0 Å². The fourth-order valence-corrected chi connectivity index (χ4v) is 2.07. The number of benzene rings is 1. The summed E-state index contributed by atoms with van der Waals surface area (Å²) in [6.45, 7) is 0. The number of alkyl halides is 1. The zero-order valence-corrected chi connectivity index (χ0v) is 12.1. The monoisotopic (exact) mass is 332 g/mol. The van der Waals surface area contributed by atoms with E-state index in [9.17, 15) is 9.59 Å². The lowest BCUT2D eigenvalue weighted by atomic mass is 10.2. The van der Waals surface area contributed by atoms with Crippen LogP contribution in [0.1, 0.15) is 29.6 Å². The minimum Gasteiger partial charge on any atom is -0.366 e. The lowest BCUT2D eigenvalue weighted by Gasteiger charge is -2.07. The van der Waals surface area contributed by atoms with Crippen LogP contribution in [0.4, 0.5) is 5.69 Å². The molecule has 3 N–H and O–H groups in total. The van der Waals surface area contributed by atoms with Gasteiger partial charge in [0.15, 0.2) is 0 Å². The molecule has 0 bridgehead atoms. The molecule has 0 saturated heterocycles. The molecule has 0 aliphatic carbocycles. The molecule has 1 aromatic rings. The van der Waals surface area contributed by atoms with Gasteiger partial charge in [-0.2, -0.15) is 0 Å². The molecular weight excluding hydrogens is 320 g/mol. The van der Waals surface area contributed by atoms with Crippen molar-refractivity contribution < 1.29 is 9.59 Å². The number of hydrogen-bond donors (Lipinski definition) is 2. The number of carbonyl (C=O) groups excluding carboxylic acids is 2. The summed E-state index contributed by atoms with van der Waals surface area (Å²) >= 11 is 9.18. The molecule has 2 amide bonds. The average molecular weight is 334 g/mol. The Morgan fingerprint density at radius 1 is 1.33 bits per heavy atom. The highest BCUT2D eigenvalue weighted by Gasteiger charge is 2.08. The molecule has 6 heteroatoms. The first-order valence-corrected chi connectivity index (χ1v) is 6.99. The number of unbranched alkanes of at least 4 members (excludes halogenated alkanes) is 1. The van der Waals surface area contributed by atoms with Gasteiger partial charge in [0.2, 0.25) is 11.8 Å². The molecule has 0 spiro atoms. The Kier molecular flexibility index (Phi) is 6.15. The predicted octanol–water partition coefficient (Wildman–Crippen LogP) is 2.94. The van der Waals surface area contributed by atoms with Crippen molar-refractivity contribution in [3.8, 4) is 0 Å². The van der Waals surface area contributed by atoms with Crippen molar-refractivity contribution in [3.63, 3.8) is 0 Å². The van der Waals surface area contributed by atoms with Crippen LogP contribution in [0, 0.1) is 0 Å². The molecule has 0 heterocycles. The quantitative estimate of drug-likeness (QED) is 0.620. The Balaban J connectivity index is 2.60. The third-order valence-electron chi connectivity index (χ3n) is 2.31. The normalized spacial score (nSPS) is 10.1. The standard InChI is InChI=1S/C12H14BrClN2O2/c13-6-2-1-3-11(17)16-8-4-5-9(12(15)18)10(14)7-8/h4-5,7H,1-3,6H2,(H2,15,18)(H,16,17). The van der Waals surface area contributed by atoms with E-state index in [1.165, 1.54) is 12.1 Å². The van der Waals surface area contributed by atoms with E-state index in [1.54, 1.807) is 6.07 Å². The summed E-state index contributed by atoms with van der Waals surface area (Å²) in [6, 6.07) is 4.62. The highest BCUT2D eigenvalue weighted by Crippen LogP contribution is 2.20. The number of rotatable bonds is 6. The molecule has 18 heavy (non-hydrogen) atoms. The van der Waals surface area contributed by atoms with E-state index < -0.39 is 5.91 Å². The van der Waals surface area contributed by atoms with Crippen molar-refractivity contribution in [3.05, 3.63) is 28.8 Å². The largest absolute Gasteiger partial charge is 0.366 e. The molecule has 1 aromatic carbocycles. The number of amides is 2. The van der Waals surface area contributed by atoms with Crippen LogP contribution in [-0.2, 0) is 4.79 Å². The Bertz CT molecular complexity index is 452. The third kappa shape index (κ3) is 4.66. The van der Waals surface area contributed by atoms with Crippen molar-refractivity contribution in [2.24, 2.45) is 5.73 Å². The summed E-state index contributed by atoms with van der Waals surface area (Å²) in [5, 5.41) is 3.84. The third-order valence-corrected chi connectivity index (χ3v) is 3.18. The Labute approximate surface area is 119 Å². The number of halogens is 2. The Morgan fingerprint density at radius 3 is 2.61 bits per heavy atom. The molecule has 4 nitrogen and oxygen atoms in total. The minimum absolute atomic E-state index is 0.0705. The van der Waals surface area contributed by atoms with Crippen molar-refractivity contribution in [2.45, 2.75) is 19.3 Å². The Morgan fingerprint density at radius 2 is 2.06 bits per heavy atom. The molecule has 98 valence electrons. The lowest BCUT2D eigenvalue weighted by molar-refractivity contribution is -0.116. The van der Waals surface area contributed by atoms with Crippen LogP contribution in [-0.4, -0.2) is 17.1 Å². The summed E-state index contributed by atoms with van der Waals surface area (Å²) in [7, 11) is 0. The molecule has 0 aliphatic heterocycles. The molecule has 0 aliphatic rings. The van der Waals surface area contributed by atoms with Gasteiger partial charge in [0.05, 0.1) is 10.6 Å². The second-order valence-corrected chi connectivity index (χ2v) is 4.95. The number of hydrogen-bond acceptors (Lipinski definition) is 2. The predicted molar refractivity (Wildman–Crippen MR) is 76.2 cm³/mol. The topological polar surface area (TPSA) is 72.2 Å². The highest BCUT2D eigenvalue weighted by atomic mass is 79.9. The van der Waals surface area contributed by atoms with Crippen LogP contribution >= 0.6 is 27.5 Å². The van der Waals surface area contributed by atoms with Crippen LogP contribution in [0.2, 0.25) is 5.02 Å². The van der Waals surface area contributed by atoms with Gasteiger partial charge in [-0.25, -0.2) is 0 Å². The molecule has 0 atom stereocenters. The molecule has 0 fully saturated rings. The number of nitrogens with one attached hydrogen (secondary N) is 1. The second kappa shape index (κ2) is 7.38. The first-order valence-electron chi connectivity index (χ1n) is 5.49. The lowest BCUT2D eigenvalue weighted by Crippen LogP contribution is -2.13. The zero-order chi connectivity index (χ0) is 13.5. The number of nitrogens with two attached hydrogens (primary N) is 1. The van der Waals surface area contributed by atoms with Crippen LogP contribution in [0.5, 0.6) is 0 Å². The van der Waals surface area contributed by atoms with Crippen molar-refractivity contribution in [1.82, 2.24) is 0 Å². The van der Waals surface area contributed by atoms with Crippen molar-refractivity contribution in [1.29, 1.82) is 0 Å². The zero-order valence-electron chi connectivity index (χ0n) is 9.71. The summed E-state index contributed by atoms with van der Waals surface area (Å²) in [4.78, 5) is 22.5. The van der Waals surface area contributed by atoms with Crippen molar-refractivity contribution in [2.75, 3.05) is 10.6 Å². The van der Waals surface area contributed by atoms with Gasteiger partial charge in [0, 0.05) is 17.4 Å². The summed E-state index contributed by atoms with van der Waals surface area (Å²) in [5.41, 5.74) is 5.94. The minimum atomic E-state index is -0.588. The van der Waals surface area contributed by atoms with E-state index in [0.29, 0.717) is 12.1 Å². The van der Waals surface area contributed by atoms with E-state index in [4.69, 9.17) is 17.3 Å². The van der Waals surface area contributed by atoms with Gasteiger partial charge in [0.25, 0.3) is 0 Å². The second-order valence-electron chi connectivity index (χ2n) is 3.75. The van der Waals surface area contributed by atoms with Crippen molar-refractivity contribution >= 4 is 45.0 Å². The summed E-state index contributed by atoms with van der Waals surface area (Å²) < 4.78 is 0. The molecular formula is C12H14BrClN2O2. The number of anilines is 1. The molecule has 0 aromatic heterocycles. The van der Waals surface area contributed by atoms with Gasteiger partial charge in [-0.3, -0.25) is 9.59 Å². The van der Waals surface area contributed by atoms with E-state index >= 15 is 0 Å². The molecule has 0 saturated carbocycles. The van der Waals surface area contributed by atoms with Gasteiger partial charge in [0.1, 0.15) is 0 Å². The highest BCUT2D eigenvalue weighted by molar-refractivity contribution is 9.09. The maximum Gasteiger partial charge on any atom is 0.250 e.